The molecule has 1 aliphatic rings. The number of benzene rings is 2. The van der Waals surface area contributed by atoms with Gasteiger partial charge < -0.3 is 10.4 Å². The Bertz CT molecular complexity index is 751. The van der Waals surface area contributed by atoms with E-state index in [2.05, 4.69) is 29.3 Å². The van der Waals surface area contributed by atoms with E-state index in [1.165, 1.54) is 11.6 Å². The Hall–Kier alpha value is -2.24. The van der Waals surface area contributed by atoms with Crippen LogP contribution in [0.2, 0.25) is 0 Å². The molecule has 4 nitrogen and oxygen atoms in total. The van der Waals surface area contributed by atoms with Crippen molar-refractivity contribution in [3.8, 4) is 0 Å². The molecule has 1 aliphatic heterocycles. The zero-order valence-corrected chi connectivity index (χ0v) is 15.0. The molecular formula is C21H25FN2O2. The topological polar surface area (TPSA) is 52.6 Å². The van der Waals surface area contributed by atoms with Crippen LogP contribution in [0.15, 0.2) is 48.5 Å². The first kappa shape index (κ1) is 18.5. The lowest BCUT2D eigenvalue weighted by Gasteiger charge is -2.16. The molecule has 3 rings (SSSR count). The van der Waals surface area contributed by atoms with Crippen molar-refractivity contribution in [1.29, 1.82) is 0 Å². The second-order valence-corrected chi connectivity index (χ2v) is 7.07. The summed E-state index contributed by atoms with van der Waals surface area (Å²) in [6, 6.07) is 14.9. The van der Waals surface area contributed by atoms with Crippen LogP contribution < -0.4 is 5.32 Å². The van der Waals surface area contributed by atoms with Crippen molar-refractivity contribution in [2.24, 2.45) is 11.8 Å². The number of aliphatic hydroxyl groups is 1. The fourth-order valence-corrected chi connectivity index (χ4v) is 3.53. The molecule has 0 saturated carbocycles. The molecule has 2 N–H and O–H groups in total. The third-order valence-corrected chi connectivity index (χ3v) is 5.03. The van der Waals surface area contributed by atoms with Crippen LogP contribution in [0.25, 0.3) is 0 Å². The Balaban J connectivity index is 1.53. The van der Waals surface area contributed by atoms with Crippen LogP contribution in [0.3, 0.4) is 0 Å². The molecule has 26 heavy (non-hydrogen) atoms. The lowest BCUT2D eigenvalue weighted by Crippen LogP contribution is -2.34. The van der Waals surface area contributed by atoms with Gasteiger partial charge in [0.2, 0.25) is 5.91 Å². The fraction of sp³-hybridized carbons (Fsp3) is 0.381. The monoisotopic (exact) mass is 356 g/mol. The molecule has 0 bridgehead atoms. The quantitative estimate of drug-likeness (QED) is 0.837. The van der Waals surface area contributed by atoms with Gasteiger partial charge in [0.1, 0.15) is 5.82 Å². The van der Waals surface area contributed by atoms with Gasteiger partial charge in [-0.15, -0.1) is 0 Å². The highest BCUT2D eigenvalue weighted by atomic mass is 19.1. The number of nitrogens with zero attached hydrogens (tertiary/aromatic N) is 1. The summed E-state index contributed by atoms with van der Waals surface area (Å²) in [5.41, 5.74) is 2.21. The Labute approximate surface area is 153 Å². The van der Waals surface area contributed by atoms with Gasteiger partial charge in [0, 0.05) is 31.7 Å². The zero-order chi connectivity index (χ0) is 18.5. The van der Waals surface area contributed by atoms with Crippen LogP contribution in [0.1, 0.15) is 23.6 Å². The molecule has 5 heteroatoms. The molecule has 0 spiro atoms. The highest BCUT2D eigenvalue weighted by molar-refractivity contribution is 5.79. The van der Waals surface area contributed by atoms with Crippen molar-refractivity contribution in [3.05, 3.63) is 71.0 Å². The summed E-state index contributed by atoms with van der Waals surface area (Å²) in [4.78, 5) is 14.9. The number of hydrogen-bond acceptors (Lipinski definition) is 3. The third-order valence-electron chi connectivity index (χ3n) is 5.03. The van der Waals surface area contributed by atoms with Gasteiger partial charge in [0.15, 0.2) is 0 Å². The number of halogens is 1. The van der Waals surface area contributed by atoms with Crippen LogP contribution >= 0.6 is 0 Å². The Morgan fingerprint density at radius 3 is 2.65 bits per heavy atom. The lowest BCUT2D eigenvalue weighted by atomic mass is 9.97. The molecule has 1 fully saturated rings. The predicted octanol–water partition coefficient (Wildman–Crippen LogP) is 2.70. The first-order chi connectivity index (χ1) is 12.6. The van der Waals surface area contributed by atoms with Gasteiger partial charge in [0.05, 0.1) is 12.5 Å². The molecule has 0 radical (unpaired) electrons. The molecule has 2 aromatic carbocycles. The molecule has 2 atom stereocenters. The summed E-state index contributed by atoms with van der Waals surface area (Å²) in [5, 5.41) is 11.9. The van der Waals surface area contributed by atoms with E-state index in [9.17, 15) is 9.18 Å². The standard InChI is InChI=1S/C21H25FN2O2/c1-15-11-24(12-16-5-3-2-4-6-16)13-19(15)21(26)23-10-17-7-8-18(14-25)20(22)9-17/h2-9,15,19,25H,10-14H2,1H3,(H,23,26)/t15-,19-/m1/s1. The zero-order valence-electron chi connectivity index (χ0n) is 15.0. The second kappa shape index (κ2) is 8.43. The molecular weight excluding hydrogens is 331 g/mol. The van der Waals surface area contributed by atoms with Crippen LogP contribution in [0, 0.1) is 17.7 Å². The maximum atomic E-state index is 13.7. The normalized spacial score (nSPS) is 20.3. The van der Waals surface area contributed by atoms with Gasteiger partial charge >= 0.3 is 0 Å². The molecule has 0 unspecified atom stereocenters. The van der Waals surface area contributed by atoms with Gasteiger partial charge in [0.25, 0.3) is 0 Å². The number of amides is 1. The van der Waals surface area contributed by atoms with E-state index >= 15 is 0 Å². The number of rotatable bonds is 6. The molecule has 1 amide bonds. The summed E-state index contributed by atoms with van der Waals surface area (Å²) in [7, 11) is 0. The van der Waals surface area contributed by atoms with E-state index in [-0.39, 0.29) is 29.9 Å². The van der Waals surface area contributed by atoms with Crippen molar-refractivity contribution in [2.45, 2.75) is 26.6 Å². The molecule has 2 aromatic rings. The lowest BCUT2D eigenvalue weighted by molar-refractivity contribution is -0.125. The fourth-order valence-electron chi connectivity index (χ4n) is 3.53. The predicted molar refractivity (Wildman–Crippen MR) is 98.5 cm³/mol. The largest absolute Gasteiger partial charge is 0.392 e. The minimum atomic E-state index is -0.442. The average Bonchev–Trinajstić information content (AvgIpc) is 3.01. The van der Waals surface area contributed by atoms with Crippen LogP contribution in [-0.2, 0) is 24.5 Å². The van der Waals surface area contributed by atoms with E-state index in [0.717, 1.165) is 19.6 Å². The highest BCUT2D eigenvalue weighted by Crippen LogP contribution is 2.25. The number of hydrogen-bond donors (Lipinski definition) is 2. The van der Waals surface area contributed by atoms with Gasteiger partial charge in [-0.25, -0.2) is 4.39 Å². The van der Waals surface area contributed by atoms with Crippen molar-refractivity contribution in [2.75, 3.05) is 13.1 Å². The summed E-state index contributed by atoms with van der Waals surface area (Å²) in [6.07, 6.45) is 0. The van der Waals surface area contributed by atoms with E-state index in [0.29, 0.717) is 12.1 Å². The Kier molecular flexibility index (Phi) is 6.01. The van der Waals surface area contributed by atoms with E-state index in [1.54, 1.807) is 12.1 Å². The van der Waals surface area contributed by atoms with Crippen LogP contribution in [0.4, 0.5) is 4.39 Å². The minimum absolute atomic E-state index is 0.0136. The minimum Gasteiger partial charge on any atom is -0.392 e. The summed E-state index contributed by atoms with van der Waals surface area (Å²) < 4.78 is 13.7. The van der Waals surface area contributed by atoms with Crippen molar-refractivity contribution in [1.82, 2.24) is 10.2 Å². The summed E-state index contributed by atoms with van der Waals surface area (Å²) in [6.45, 7) is 4.55. The van der Waals surface area contributed by atoms with Crippen molar-refractivity contribution < 1.29 is 14.3 Å². The summed E-state index contributed by atoms with van der Waals surface area (Å²) in [5.74, 6) is -0.199. The Morgan fingerprint density at radius 1 is 1.19 bits per heavy atom. The maximum Gasteiger partial charge on any atom is 0.224 e. The Morgan fingerprint density at radius 2 is 1.96 bits per heavy atom. The molecule has 0 aromatic heterocycles. The van der Waals surface area contributed by atoms with Gasteiger partial charge in [-0.05, 0) is 23.1 Å². The van der Waals surface area contributed by atoms with Gasteiger partial charge in [-0.1, -0.05) is 49.4 Å². The summed E-state index contributed by atoms with van der Waals surface area (Å²) >= 11 is 0. The van der Waals surface area contributed by atoms with Crippen molar-refractivity contribution in [3.63, 3.8) is 0 Å². The second-order valence-electron chi connectivity index (χ2n) is 7.07. The first-order valence-electron chi connectivity index (χ1n) is 8.99. The maximum absolute atomic E-state index is 13.7. The SMILES string of the molecule is C[C@@H]1CN(Cc2ccccc2)C[C@H]1C(=O)NCc1ccc(CO)c(F)c1. The molecule has 1 heterocycles. The van der Waals surface area contributed by atoms with Crippen LogP contribution in [0.5, 0.6) is 0 Å². The first-order valence-corrected chi connectivity index (χ1v) is 8.99. The number of nitrogens with one attached hydrogen (secondary N) is 1. The third kappa shape index (κ3) is 4.48. The number of likely N-dealkylation sites (tertiary alicyclic amines) is 1. The van der Waals surface area contributed by atoms with Crippen molar-refractivity contribution >= 4 is 5.91 Å². The smallest absolute Gasteiger partial charge is 0.224 e. The van der Waals surface area contributed by atoms with E-state index in [4.69, 9.17) is 5.11 Å². The highest BCUT2D eigenvalue weighted by Gasteiger charge is 2.34. The molecule has 1 saturated heterocycles. The van der Waals surface area contributed by atoms with E-state index in [1.807, 2.05) is 18.2 Å². The average molecular weight is 356 g/mol. The van der Waals surface area contributed by atoms with E-state index < -0.39 is 5.82 Å². The molecule has 138 valence electrons. The molecule has 0 aliphatic carbocycles. The van der Waals surface area contributed by atoms with Crippen LogP contribution in [-0.4, -0.2) is 29.0 Å². The number of carbonyl (C=O) groups excluding carboxylic acids is 1. The van der Waals surface area contributed by atoms with Gasteiger partial charge in [-0.2, -0.15) is 0 Å². The van der Waals surface area contributed by atoms with Gasteiger partial charge in [-0.3, -0.25) is 9.69 Å². The number of carbonyl (C=O) groups is 1. The number of aliphatic hydroxyl groups excluding tert-OH is 1.